The lowest BCUT2D eigenvalue weighted by atomic mass is 10.0. The Bertz CT molecular complexity index is 936. The van der Waals surface area contributed by atoms with Crippen molar-refractivity contribution in [2.24, 2.45) is 5.92 Å². The standard InChI is InChI=1S/C20H24N2O5S/c1-13(2)19(20(24)25)22-28(26,27)18-10-8-17(9-11-18)16-6-4-15(5-7-16)12-21-14(3)23/h4-11,13,19,22H,12H2,1-3H3,(H,21,23)(H,24,25)/t19-/m1/s1. The second-order valence-corrected chi connectivity index (χ2v) is 8.53. The van der Waals surface area contributed by atoms with Gasteiger partial charge in [-0.2, -0.15) is 4.72 Å². The van der Waals surface area contributed by atoms with E-state index in [2.05, 4.69) is 10.0 Å². The van der Waals surface area contributed by atoms with Crippen LogP contribution in [0, 0.1) is 5.92 Å². The zero-order valence-corrected chi connectivity index (χ0v) is 16.8. The van der Waals surface area contributed by atoms with E-state index in [0.29, 0.717) is 6.54 Å². The quantitative estimate of drug-likeness (QED) is 0.625. The Hall–Kier alpha value is -2.71. The summed E-state index contributed by atoms with van der Waals surface area (Å²) in [4.78, 5) is 22.2. The largest absolute Gasteiger partial charge is 0.480 e. The molecule has 0 aliphatic carbocycles. The molecule has 0 radical (unpaired) electrons. The topological polar surface area (TPSA) is 113 Å². The Morgan fingerprint density at radius 2 is 1.46 bits per heavy atom. The lowest BCUT2D eigenvalue weighted by Gasteiger charge is -2.18. The van der Waals surface area contributed by atoms with Crippen LogP contribution in [-0.2, 0) is 26.2 Å². The second kappa shape index (κ2) is 8.99. The molecule has 8 heteroatoms. The highest BCUT2D eigenvalue weighted by atomic mass is 32.2. The van der Waals surface area contributed by atoms with Gasteiger partial charge in [-0.15, -0.1) is 0 Å². The molecule has 0 saturated carbocycles. The van der Waals surface area contributed by atoms with Crippen molar-refractivity contribution in [1.82, 2.24) is 10.0 Å². The smallest absolute Gasteiger partial charge is 0.322 e. The average molecular weight is 404 g/mol. The van der Waals surface area contributed by atoms with Crippen molar-refractivity contribution in [3.05, 3.63) is 54.1 Å². The van der Waals surface area contributed by atoms with E-state index in [1.807, 2.05) is 24.3 Å². The van der Waals surface area contributed by atoms with Crippen LogP contribution < -0.4 is 10.0 Å². The van der Waals surface area contributed by atoms with Crippen molar-refractivity contribution in [1.29, 1.82) is 0 Å². The van der Waals surface area contributed by atoms with Gasteiger partial charge in [-0.05, 0) is 34.7 Å². The number of nitrogens with one attached hydrogen (secondary N) is 2. The minimum Gasteiger partial charge on any atom is -0.480 e. The fourth-order valence-electron chi connectivity index (χ4n) is 2.57. The number of hydrogen-bond acceptors (Lipinski definition) is 4. The summed E-state index contributed by atoms with van der Waals surface area (Å²) < 4.78 is 27.2. The van der Waals surface area contributed by atoms with Crippen LogP contribution >= 0.6 is 0 Å². The molecule has 0 aliphatic rings. The highest BCUT2D eigenvalue weighted by Gasteiger charge is 2.27. The summed E-state index contributed by atoms with van der Waals surface area (Å²) in [7, 11) is -3.94. The maximum absolute atomic E-state index is 12.5. The minimum atomic E-state index is -3.94. The molecule has 0 aliphatic heterocycles. The molecule has 2 aromatic carbocycles. The molecule has 0 fully saturated rings. The van der Waals surface area contributed by atoms with Gasteiger partial charge in [-0.3, -0.25) is 9.59 Å². The van der Waals surface area contributed by atoms with Crippen molar-refractivity contribution in [3.63, 3.8) is 0 Å². The number of rotatable bonds is 8. The third-order valence-electron chi connectivity index (χ3n) is 4.21. The fraction of sp³-hybridized carbons (Fsp3) is 0.300. The van der Waals surface area contributed by atoms with Gasteiger partial charge in [-0.1, -0.05) is 50.2 Å². The first kappa shape index (κ1) is 21.6. The lowest BCUT2D eigenvalue weighted by molar-refractivity contribution is -0.140. The number of aliphatic carboxylic acids is 1. The zero-order valence-electron chi connectivity index (χ0n) is 16.0. The van der Waals surface area contributed by atoms with Crippen molar-refractivity contribution >= 4 is 21.9 Å². The minimum absolute atomic E-state index is 0.00503. The van der Waals surface area contributed by atoms with Crippen LogP contribution in [0.1, 0.15) is 26.3 Å². The van der Waals surface area contributed by atoms with Crippen LogP contribution in [0.5, 0.6) is 0 Å². The molecular weight excluding hydrogens is 380 g/mol. The first-order chi connectivity index (χ1) is 13.1. The van der Waals surface area contributed by atoms with E-state index in [0.717, 1.165) is 16.7 Å². The molecule has 0 unspecified atom stereocenters. The summed E-state index contributed by atoms with van der Waals surface area (Å²) in [5, 5.41) is 11.9. The summed E-state index contributed by atoms with van der Waals surface area (Å²) in [6.45, 7) is 5.18. The number of carbonyl (C=O) groups is 2. The molecule has 0 heterocycles. The number of hydrogen-bond donors (Lipinski definition) is 3. The van der Waals surface area contributed by atoms with Gasteiger partial charge in [0.15, 0.2) is 0 Å². The third-order valence-corrected chi connectivity index (χ3v) is 5.67. The summed E-state index contributed by atoms with van der Waals surface area (Å²) >= 11 is 0. The third kappa shape index (κ3) is 5.64. The molecule has 28 heavy (non-hydrogen) atoms. The summed E-state index contributed by atoms with van der Waals surface area (Å²) in [6.07, 6.45) is 0. The SMILES string of the molecule is CC(=O)NCc1ccc(-c2ccc(S(=O)(=O)N[C@@H](C(=O)O)C(C)C)cc2)cc1. The van der Waals surface area contributed by atoms with E-state index in [-0.39, 0.29) is 16.7 Å². The van der Waals surface area contributed by atoms with Crippen molar-refractivity contribution in [2.75, 3.05) is 0 Å². The number of amides is 1. The highest BCUT2D eigenvalue weighted by molar-refractivity contribution is 7.89. The van der Waals surface area contributed by atoms with Crippen LogP contribution in [-0.4, -0.2) is 31.4 Å². The predicted octanol–water partition coefficient (Wildman–Crippen LogP) is 2.38. The van der Waals surface area contributed by atoms with Gasteiger partial charge in [-0.25, -0.2) is 8.42 Å². The second-order valence-electron chi connectivity index (χ2n) is 6.81. The number of benzene rings is 2. The van der Waals surface area contributed by atoms with Crippen LogP contribution in [0.4, 0.5) is 0 Å². The van der Waals surface area contributed by atoms with Gasteiger partial charge >= 0.3 is 5.97 Å². The Morgan fingerprint density at radius 3 is 1.89 bits per heavy atom. The summed E-state index contributed by atoms with van der Waals surface area (Å²) in [6, 6.07) is 12.6. The van der Waals surface area contributed by atoms with Crippen LogP contribution in [0.3, 0.4) is 0 Å². The zero-order chi connectivity index (χ0) is 20.9. The van der Waals surface area contributed by atoms with Gasteiger partial charge in [0.25, 0.3) is 0 Å². The van der Waals surface area contributed by atoms with Crippen LogP contribution in [0.15, 0.2) is 53.4 Å². The first-order valence-electron chi connectivity index (χ1n) is 8.79. The van der Waals surface area contributed by atoms with E-state index < -0.39 is 22.0 Å². The van der Waals surface area contributed by atoms with Crippen molar-refractivity contribution in [2.45, 2.75) is 38.3 Å². The fourth-order valence-corrected chi connectivity index (χ4v) is 3.91. The molecule has 3 N–H and O–H groups in total. The van der Waals surface area contributed by atoms with Gasteiger partial charge in [0.05, 0.1) is 4.90 Å². The van der Waals surface area contributed by atoms with Gasteiger partial charge in [0, 0.05) is 13.5 Å². The molecule has 1 atom stereocenters. The van der Waals surface area contributed by atoms with Gasteiger partial charge in [0.2, 0.25) is 15.9 Å². The average Bonchev–Trinajstić information content (AvgIpc) is 2.64. The molecule has 2 aromatic rings. The van der Waals surface area contributed by atoms with E-state index in [1.54, 1.807) is 26.0 Å². The van der Waals surface area contributed by atoms with E-state index in [1.165, 1.54) is 19.1 Å². The number of carboxylic acids is 1. The maximum atomic E-state index is 12.5. The molecule has 0 spiro atoms. The van der Waals surface area contributed by atoms with Crippen LogP contribution in [0.25, 0.3) is 11.1 Å². The normalized spacial score (nSPS) is 12.6. The van der Waals surface area contributed by atoms with Crippen molar-refractivity contribution < 1.29 is 23.1 Å². The Morgan fingerprint density at radius 1 is 0.964 bits per heavy atom. The first-order valence-corrected chi connectivity index (χ1v) is 10.3. The molecular formula is C20H24N2O5S. The monoisotopic (exact) mass is 404 g/mol. The van der Waals surface area contributed by atoms with E-state index in [4.69, 9.17) is 0 Å². The Labute approximate surface area is 164 Å². The number of carboxylic acid groups (broad SMARTS) is 1. The predicted molar refractivity (Wildman–Crippen MR) is 106 cm³/mol. The Kier molecular flexibility index (Phi) is 6.93. The Balaban J connectivity index is 2.16. The van der Waals surface area contributed by atoms with Gasteiger partial charge < -0.3 is 10.4 Å². The molecule has 0 aromatic heterocycles. The molecule has 2 rings (SSSR count). The van der Waals surface area contributed by atoms with Crippen LogP contribution in [0.2, 0.25) is 0 Å². The number of carbonyl (C=O) groups excluding carboxylic acids is 1. The van der Waals surface area contributed by atoms with E-state index >= 15 is 0 Å². The maximum Gasteiger partial charge on any atom is 0.322 e. The molecule has 7 nitrogen and oxygen atoms in total. The van der Waals surface area contributed by atoms with E-state index in [9.17, 15) is 23.1 Å². The molecule has 1 amide bonds. The molecule has 0 bridgehead atoms. The molecule has 150 valence electrons. The summed E-state index contributed by atoms with van der Waals surface area (Å²) in [5.74, 6) is -1.70. The van der Waals surface area contributed by atoms with Gasteiger partial charge in [0.1, 0.15) is 6.04 Å². The highest BCUT2D eigenvalue weighted by Crippen LogP contribution is 2.22. The summed E-state index contributed by atoms with van der Waals surface area (Å²) in [5.41, 5.74) is 2.67. The molecule has 0 saturated heterocycles. The van der Waals surface area contributed by atoms with Crippen molar-refractivity contribution in [3.8, 4) is 11.1 Å². The number of sulfonamides is 1. The lowest BCUT2D eigenvalue weighted by Crippen LogP contribution is -2.44.